The lowest BCUT2D eigenvalue weighted by Crippen LogP contribution is -1.86. The normalized spacial score (nSPS) is 8.85. The molecule has 0 saturated heterocycles. The quantitative estimate of drug-likeness (QED) is 0.342. The van der Waals surface area contributed by atoms with Crippen molar-refractivity contribution in [3.63, 3.8) is 0 Å². The van der Waals surface area contributed by atoms with Gasteiger partial charge in [-0.2, -0.15) is 0 Å². The lowest BCUT2D eigenvalue weighted by Gasteiger charge is -2.01. The van der Waals surface area contributed by atoms with Crippen molar-refractivity contribution in [1.82, 2.24) is 0 Å². The Labute approximate surface area is 81.5 Å². The average molecular weight is 206 g/mol. The predicted octanol–water partition coefficient (Wildman–Crippen LogP) is 1.60. The molecule has 0 radical (unpaired) electrons. The molecule has 0 spiro atoms. The van der Waals surface area contributed by atoms with Crippen LogP contribution in [-0.2, 0) is 4.74 Å². The van der Waals surface area contributed by atoms with Gasteiger partial charge in [0.05, 0.1) is 5.69 Å². The molecule has 13 heavy (non-hydrogen) atoms. The molecule has 74 valence electrons. The number of hydrogen-bond donors (Lipinski definition) is 3. The van der Waals surface area contributed by atoms with Gasteiger partial charge in [-0.05, 0) is 12.1 Å². The van der Waals surface area contributed by atoms with E-state index >= 15 is 0 Å². The van der Waals surface area contributed by atoms with E-state index in [0.29, 0.717) is 0 Å². The number of aromatic hydroxyl groups is 2. The van der Waals surface area contributed by atoms with Crippen LogP contribution in [0.1, 0.15) is 0 Å². The lowest BCUT2D eigenvalue weighted by atomic mass is 10.3. The molecule has 0 unspecified atom stereocenters. The van der Waals surface area contributed by atoms with E-state index in [9.17, 15) is 0 Å². The molecular formula is C8H12ClNO3. The van der Waals surface area contributed by atoms with Crippen molar-refractivity contribution in [1.29, 1.82) is 0 Å². The van der Waals surface area contributed by atoms with Gasteiger partial charge in [0.1, 0.15) is 16.5 Å². The van der Waals surface area contributed by atoms with Crippen LogP contribution in [0.5, 0.6) is 11.5 Å². The Hall–Kier alpha value is -1.13. The summed E-state index contributed by atoms with van der Waals surface area (Å²) in [6, 6.07) is 2.55. The first-order valence-corrected chi connectivity index (χ1v) is 3.78. The summed E-state index contributed by atoms with van der Waals surface area (Å²) < 4.78 is 4.25. The molecule has 0 aromatic heterocycles. The van der Waals surface area contributed by atoms with Crippen LogP contribution in [0.3, 0.4) is 0 Å². The fourth-order valence-electron chi connectivity index (χ4n) is 0.571. The second-order valence-electron chi connectivity index (χ2n) is 2.24. The zero-order valence-electron chi connectivity index (χ0n) is 7.41. The number of benzene rings is 1. The zero-order valence-corrected chi connectivity index (χ0v) is 8.17. The van der Waals surface area contributed by atoms with Crippen molar-refractivity contribution < 1.29 is 14.9 Å². The molecule has 0 fully saturated rings. The Kier molecular flexibility index (Phi) is 5.03. The summed E-state index contributed by atoms with van der Waals surface area (Å²) in [5.41, 5.74) is 5.24. The first-order chi connectivity index (χ1) is 6.04. The van der Waals surface area contributed by atoms with Gasteiger partial charge in [0.2, 0.25) is 0 Å². The van der Waals surface area contributed by atoms with Gasteiger partial charge < -0.3 is 20.7 Å². The molecule has 4 N–H and O–H groups in total. The van der Waals surface area contributed by atoms with Crippen molar-refractivity contribution in [3.8, 4) is 11.5 Å². The summed E-state index contributed by atoms with van der Waals surface area (Å²) >= 11 is 5.45. The molecule has 0 aliphatic rings. The number of phenolic OH excluding ortho intramolecular Hbond substituents is 2. The van der Waals surface area contributed by atoms with E-state index in [2.05, 4.69) is 4.74 Å². The molecule has 4 nitrogen and oxygen atoms in total. The number of methoxy groups -OCH3 is 1. The second-order valence-corrected chi connectivity index (χ2v) is 2.62. The first-order valence-electron chi connectivity index (χ1n) is 3.40. The van der Waals surface area contributed by atoms with Gasteiger partial charge in [0, 0.05) is 14.2 Å². The Morgan fingerprint density at radius 3 is 2.00 bits per heavy atom. The number of phenols is 2. The van der Waals surface area contributed by atoms with E-state index < -0.39 is 0 Å². The first kappa shape index (κ1) is 11.9. The van der Waals surface area contributed by atoms with Gasteiger partial charge >= 0.3 is 0 Å². The molecule has 0 amide bonds. The molecule has 5 heteroatoms. The topological polar surface area (TPSA) is 75.7 Å². The van der Waals surface area contributed by atoms with E-state index in [1.165, 1.54) is 12.1 Å². The standard InChI is InChI=1S/C6H6ClNO2.C2H6O/c7-5-3(9)1-2-4(10)6(5)8;1-3-2/h1-2,9-10H,8H2;1-2H3. The minimum atomic E-state index is -0.128. The Bertz CT molecular complexity index is 251. The van der Waals surface area contributed by atoms with Crippen LogP contribution in [0.15, 0.2) is 12.1 Å². The molecule has 1 rings (SSSR count). The zero-order chi connectivity index (χ0) is 10.4. The van der Waals surface area contributed by atoms with E-state index in [0.717, 1.165) is 0 Å². The maximum Gasteiger partial charge on any atom is 0.140 e. The van der Waals surface area contributed by atoms with Crippen LogP contribution >= 0.6 is 11.6 Å². The van der Waals surface area contributed by atoms with Crippen molar-refractivity contribution >= 4 is 17.3 Å². The number of halogens is 1. The molecule has 0 saturated carbocycles. The summed E-state index contributed by atoms with van der Waals surface area (Å²) in [5, 5.41) is 17.8. The minimum absolute atomic E-state index is 0.00154. The van der Waals surface area contributed by atoms with E-state index in [1.54, 1.807) is 14.2 Å². The van der Waals surface area contributed by atoms with Crippen molar-refractivity contribution in [2.75, 3.05) is 20.0 Å². The van der Waals surface area contributed by atoms with Crippen LogP contribution in [0.4, 0.5) is 5.69 Å². The summed E-state index contributed by atoms with van der Waals surface area (Å²) in [4.78, 5) is 0. The second kappa shape index (κ2) is 5.50. The number of nitrogen functional groups attached to an aromatic ring is 1. The van der Waals surface area contributed by atoms with Crippen LogP contribution in [0, 0.1) is 0 Å². The lowest BCUT2D eigenvalue weighted by molar-refractivity contribution is 0.277. The molecule has 0 heterocycles. The van der Waals surface area contributed by atoms with E-state index in [-0.39, 0.29) is 22.2 Å². The number of ether oxygens (including phenoxy) is 1. The molecule has 1 aromatic rings. The van der Waals surface area contributed by atoms with Gasteiger partial charge in [0.25, 0.3) is 0 Å². The molecule has 0 atom stereocenters. The Morgan fingerprint density at radius 1 is 1.23 bits per heavy atom. The highest BCUT2D eigenvalue weighted by Gasteiger charge is 2.05. The third kappa shape index (κ3) is 3.40. The van der Waals surface area contributed by atoms with Gasteiger partial charge in [0.15, 0.2) is 0 Å². The summed E-state index contributed by atoms with van der Waals surface area (Å²) in [5.74, 6) is -0.250. The van der Waals surface area contributed by atoms with Crippen LogP contribution in [0.2, 0.25) is 5.02 Å². The van der Waals surface area contributed by atoms with Crippen LogP contribution in [-0.4, -0.2) is 24.4 Å². The SMILES string of the molecule is COC.Nc1c(O)ccc(O)c1Cl. The smallest absolute Gasteiger partial charge is 0.140 e. The van der Waals surface area contributed by atoms with Crippen LogP contribution < -0.4 is 5.73 Å². The van der Waals surface area contributed by atoms with Crippen molar-refractivity contribution in [3.05, 3.63) is 17.2 Å². The highest BCUT2D eigenvalue weighted by atomic mass is 35.5. The van der Waals surface area contributed by atoms with Gasteiger partial charge in [-0.25, -0.2) is 0 Å². The fourth-order valence-corrected chi connectivity index (χ4v) is 0.731. The maximum absolute atomic E-state index is 8.90. The van der Waals surface area contributed by atoms with E-state index in [4.69, 9.17) is 27.5 Å². The number of hydrogen-bond acceptors (Lipinski definition) is 4. The minimum Gasteiger partial charge on any atom is -0.506 e. The highest BCUT2D eigenvalue weighted by Crippen LogP contribution is 2.35. The number of nitrogens with two attached hydrogens (primary N) is 1. The monoisotopic (exact) mass is 205 g/mol. The molecule has 0 aliphatic heterocycles. The summed E-state index contributed by atoms with van der Waals surface area (Å²) in [6.07, 6.45) is 0. The summed E-state index contributed by atoms with van der Waals surface area (Å²) in [6.45, 7) is 0. The average Bonchev–Trinajstić information content (AvgIpc) is 2.10. The third-order valence-electron chi connectivity index (χ3n) is 1.14. The molecular weight excluding hydrogens is 194 g/mol. The molecule has 1 aromatic carbocycles. The van der Waals surface area contributed by atoms with Gasteiger partial charge in [-0.3, -0.25) is 0 Å². The highest BCUT2D eigenvalue weighted by molar-refractivity contribution is 6.34. The third-order valence-corrected chi connectivity index (χ3v) is 1.53. The summed E-state index contributed by atoms with van der Waals surface area (Å²) in [7, 11) is 3.25. The van der Waals surface area contributed by atoms with Crippen molar-refractivity contribution in [2.45, 2.75) is 0 Å². The maximum atomic E-state index is 8.90. The largest absolute Gasteiger partial charge is 0.506 e. The van der Waals surface area contributed by atoms with Gasteiger partial charge in [-0.1, -0.05) is 11.6 Å². The van der Waals surface area contributed by atoms with Crippen molar-refractivity contribution in [2.24, 2.45) is 0 Å². The van der Waals surface area contributed by atoms with Crippen LogP contribution in [0.25, 0.3) is 0 Å². The predicted molar refractivity (Wildman–Crippen MR) is 52.1 cm³/mol. The molecule has 0 bridgehead atoms. The van der Waals surface area contributed by atoms with E-state index in [1.807, 2.05) is 0 Å². The molecule has 0 aliphatic carbocycles. The Morgan fingerprint density at radius 2 is 1.62 bits per heavy atom. The Balaban J connectivity index is 0.000000424. The fraction of sp³-hybridized carbons (Fsp3) is 0.250. The van der Waals surface area contributed by atoms with Gasteiger partial charge in [-0.15, -0.1) is 0 Å². The number of rotatable bonds is 0. The number of anilines is 1.